The Morgan fingerprint density at radius 3 is 2.35 bits per heavy atom. The number of hydrogen-bond donors (Lipinski definition) is 1. The Bertz CT molecular complexity index is 651. The Balaban J connectivity index is 2.10. The molecule has 2 rings (SSSR count). The molecule has 0 saturated heterocycles. The van der Waals surface area contributed by atoms with Crippen molar-refractivity contribution in [1.82, 2.24) is 0 Å². The van der Waals surface area contributed by atoms with Crippen LogP contribution in [0.25, 0.3) is 0 Å². The van der Waals surface area contributed by atoms with E-state index in [2.05, 4.69) is 37.4 Å². The number of nitrogens with one attached hydrogen (secondary N) is 1. The monoisotopic (exact) mass is 270 g/mol. The van der Waals surface area contributed by atoms with Crippen LogP contribution in [0.5, 0.6) is 0 Å². The first-order valence-electron chi connectivity index (χ1n) is 6.52. The van der Waals surface area contributed by atoms with Crippen LogP contribution in [0, 0.1) is 30.9 Å². The van der Waals surface area contributed by atoms with Crippen LogP contribution in [-0.2, 0) is 6.54 Å². The van der Waals surface area contributed by atoms with Crippen molar-refractivity contribution in [1.29, 1.82) is 0 Å². The molecule has 2 aromatic carbocycles. The third-order valence-corrected chi connectivity index (χ3v) is 3.48. The molecule has 0 heterocycles. The Morgan fingerprint density at radius 2 is 1.75 bits per heavy atom. The van der Waals surface area contributed by atoms with Crippen molar-refractivity contribution in [3.63, 3.8) is 0 Å². The van der Waals surface area contributed by atoms with Gasteiger partial charge < -0.3 is 5.32 Å². The van der Waals surface area contributed by atoms with E-state index in [4.69, 9.17) is 0 Å². The summed E-state index contributed by atoms with van der Waals surface area (Å²) in [6, 6.07) is 11.2. The average Bonchev–Trinajstić information content (AvgIpc) is 2.41. The normalized spacial score (nSPS) is 10.3. The molecule has 0 saturated carbocycles. The van der Waals surface area contributed by atoms with Gasteiger partial charge in [0.1, 0.15) is 0 Å². The highest BCUT2D eigenvalue weighted by molar-refractivity contribution is 5.55. The summed E-state index contributed by atoms with van der Waals surface area (Å²) >= 11 is 0. The minimum atomic E-state index is -0.375. The largest absolute Gasteiger partial charge is 0.381 e. The average molecular weight is 270 g/mol. The molecule has 0 aliphatic heterocycles. The summed E-state index contributed by atoms with van der Waals surface area (Å²) in [5.74, 6) is 0. The smallest absolute Gasteiger partial charge is 0.269 e. The molecule has 0 aliphatic rings. The molecule has 0 atom stereocenters. The summed E-state index contributed by atoms with van der Waals surface area (Å²) in [6.07, 6.45) is 0. The summed E-state index contributed by atoms with van der Waals surface area (Å²) in [6.45, 7) is 6.76. The van der Waals surface area contributed by atoms with Crippen molar-refractivity contribution in [2.75, 3.05) is 5.32 Å². The van der Waals surface area contributed by atoms with Gasteiger partial charge in [-0.3, -0.25) is 10.1 Å². The molecule has 1 N–H and O–H groups in total. The van der Waals surface area contributed by atoms with Gasteiger partial charge in [-0.25, -0.2) is 0 Å². The maximum atomic E-state index is 10.7. The van der Waals surface area contributed by atoms with Crippen molar-refractivity contribution >= 4 is 11.4 Å². The highest BCUT2D eigenvalue weighted by atomic mass is 16.6. The highest BCUT2D eigenvalue weighted by Gasteiger charge is 2.07. The first-order chi connectivity index (χ1) is 9.47. The maximum Gasteiger partial charge on any atom is 0.269 e. The van der Waals surface area contributed by atoms with Gasteiger partial charge in [0, 0.05) is 24.4 Å². The Labute approximate surface area is 118 Å². The van der Waals surface area contributed by atoms with E-state index in [0.717, 1.165) is 11.3 Å². The van der Waals surface area contributed by atoms with E-state index in [0.29, 0.717) is 6.54 Å². The fourth-order valence-electron chi connectivity index (χ4n) is 2.07. The van der Waals surface area contributed by atoms with E-state index >= 15 is 0 Å². The molecule has 0 unspecified atom stereocenters. The standard InChI is InChI=1S/C16H18N2O2/c1-11-4-5-14(8-12(11)2)10-17-16-7-6-15(18(19)20)9-13(16)3/h4-9,17H,10H2,1-3H3. The molecular weight excluding hydrogens is 252 g/mol. The second kappa shape index (κ2) is 5.74. The second-order valence-electron chi connectivity index (χ2n) is 5.03. The molecule has 20 heavy (non-hydrogen) atoms. The highest BCUT2D eigenvalue weighted by Crippen LogP contribution is 2.22. The predicted molar refractivity (Wildman–Crippen MR) is 81.1 cm³/mol. The lowest BCUT2D eigenvalue weighted by Crippen LogP contribution is -2.02. The van der Waals surface area contributed by atoms with Gasteiger partial charge in [-0.05, 0) is 49.1 Å². The van der Waals surface area contributed by atoms with Gasteiger partial charge in [-0.15, -0.1) is 0 Å². The first kappa shape index (κ1) is 14.1. The number of nitro groups is 1. The Morgan fingerprint density at radius 1 is 1.00 bits per heavy atom. The Kier molecular flexibility index (Phi) is 4.03. The van der Waals surface area contributed by atoms with Crippen LogP contribution >= 0.6 is 0 Å². The summed E-state index contributed by atoms with van der Waals surface area (Å²) < 4.78 is 0. The van der Waals surface area contributed by atoms with Crippen molar-refractivity contribution in [2.45, 2.75) is 27.3 Å². The van der Waals surface area contributed by atoms with Crippen LogP contribution in [0.4, 0.5) is 11.4 Å². The molecule has 0 bridgehead atoms. The maximum absolute atomic E-state index is 10.7. The van der Waals surface area contributed by atoms with Crippen molar-refractivity contribution in [3.05, 3.63) is 68.8 Å². The molecule has 0 aliphatic carbocycles. The molecule has 4 heteroatoms. The van der Waals surface area contributed by atoms with Crippen LogP contribution in [-0.4, -0.2) is 4.92 Å². The number of nitro benzene ring substituents is 1. The van der Waals surface area contributed by atoms with Crippen LogP contribution < -0.4 is 5.32 Å². The van der Waals surface area contributed by atoms with Crippen LogP contribution in [0.15, 0.2) is 36.4 Å². The van der Waals surface area contributed by atoms with Gasteiger partial charge >= 0.3 is 0 Å². The van der Waals surface area contributed by atoms with Gasteiger partial charge in [0.05, 0.1) is 4.92 Å². The van der Waals surface area contributed by atoms with E-state index in [1.807, 2.05) is 6.92 Å². The van der Waals surface area contributed by atoms with E-state index in [1.165, 1.54) is 22.8 Å². The molecule has 0 aromatic heterocycles. The van der Waals surface area contributed by atoms with Gasteiger partial charge in [-0.2, -0.15) is 0 Å². The van der Waals surface area contributed by atoms with E-state index in [1.54, 1.807) is 12.1 Å². The molecule has 104 valence electrons. The zero-order chi connectivity index (χ0) is 14.7. The third-order valence-electron chi connectivity index (χ3n) is 3.48. The molecule has 0 fully saturated rings. The van der Waals surface area contributed by atoms with Gasteiger partial charge in [-0.1, -0.05) is 18.2 Å². The van der Waals surface area contributed by atoms with Gasteiger partial charge in [0.15, 0.2) is 0 Å². The fourth-order valence-corrected chi connectivity index (χ4v) is 2.07. The zero-order valence-electron chi connectivity index (χ0n) is 11.9. The minimum absolute atomic E-state index is 0.124. The number of hydrogen-bond acceptors (Lipinski definition) is 3. The fraction of sp³-hybridized carbons (Fsp3) is 0.250. The van der Waals surface area contributed by atoms with Crippen LogP contribution in [0.2, 0.25) is 0 Å². The summed E-state index contributed by atoms with van der Waals surface area (Å²) in [5.41, 5.74) is 5.67. The number of aryl methyl sites for hydroxylation is 3. The first-order valence-corrected chi connectivity index (χ1v) is 6.52. The third kappa shape index (κ3) is 3.15. The topological polar surface area (TPSA) is 55.2 Å². The van der Waals surface area contributed by atoms with Crippen molar-refractivity contribution in [2.24, 2.45) is 0 Å². The minimum Gasteiger partial charge on any atom is -0.381 e. The summed E-state index contributed by atoms with van der Waals surface area (Å²) in [4.78, 5) is 10.3. The number of rotatable bonds is 4. The summed E-state index contributed by atoms with van der Waals surface area (Å²) in [7, 11) is 0. The lowest BCUT2D eigenvalue weighted by Gasteiger charge is -2.10. The van der Waals surface area contributed by atoms with Crippen molar-refractivity contribution in [3.8, 4) is 0 Å². The molecule has 0 amide bonds. The van der Waals surface area contributed by atoms with E-state index < -0.39 is 0 Å². The van der Waals surface area contributed by atoms with Gasteiger partial charge in [0.25, 0.3) is 5.69 Å². The molecule has 0 radical (unpaired) electrons. The Hall–Kier alpha value is -2.36. The van der Waals surface area contributed by atoms with Gasteiger partial charge in [0.2, 0.25) is 0 Å². The quantitative estimate of drug-likeness (QED) is 0.671. The van der Waals surface area contributed by atoms with Crippen LogP contribution in [0.1, 0.15) is 22.3 Å². The SMILES string of the molecule is Cc1ccc(CNc2ccc([N+](=O)[O-])cc2C)cc1C. The predicted octanol–water partition coefficient (Wildman–Crippen LogP) is 4.13. The number of anilines is 1. The summed E-state index contributed by atoms with van der Waals surface area (Å²) in [5, 5.41) is 14.0. The molecule has 4 nitrogen and oxygen atoms in total. The van der Waals surface area contributed by atoms with E-state index in [9.17, 15) is 10.1 Å². The number of non-ortho nitro benzene ring substituents is 1. The lowest BCUT2D eigenvalue weighted by atomic mass is 10.1. The number of benzene rings is 2. The zero-order valence-corrected chi connectivity index (χ0v) is 11.9. The molecule has 2 aromatic rings. The van der Waals surface area contributed by atoms with Crippen molar-refractivity contribution < 1.29 is 4.92 Å². The van der Waals surface area contributed by atoms with E-state index in [-0.39, 0.29) is 10.6 Å². The number of nitrogens with zero attached hydrogens (tertiary/aromatic N) is 1. The molecule has 0 spiro atoms. The molecular formula is C16H18N2O2. The second-order valence-corrected chi connectivity index (χ2v) is 5.03. The lowest BCUT2D eigenvalue weighted by molar-refractivity contribution is -0.384. The van der Waals surface area contributed by atoms with Crippen LogP contribution in [0.3, 0.4) is 0 Å².